The zero-order valence-electron chi connectivity index (χ0n) is 11.3. The number of halogens is 1. The molecule has 0 spiro atoms. The highest BCUT2D eigenvalue weighted by Gasteiger charge is 2.17. The third-order valence-corrected chi connectivity index (χ3v) is 4.14. The van der Waals surface area contributed by atoms with Crippen molar-refractivity contribution in [2.75, 3.05) is 0 Å². The van der Waals surface area contributed by atoms with Crippen LogP contribution >= 0.6 is 0 Å². The van der Waals surface area contributed by atoms with E-state index in [2.05, 4.69) is 5.10 Å². The number of hydrogen-bond acceptors (Lipinski definition) is 3. The van der Waals surface area contributed by atoms with Crippen LogP contribution in [0.25, 0.3) is 16.9 Å². The van der Waals surface area contributed by atoms with Gasteiger partial charge in [0.2, 0.25) is 10.0 Å². The molecular weight excluding hydrogens is 305 g/mol. The van der Waals surface area contributed by atoms with E-state index in [1.54, 1.807) is 42.6 Å². The average molecular weight is 317 g/mol. The Labute approximate surface area is 126 Å². The van der Waals surface area contributed by atoms with Gasteiger partial charge in [0.1, 0.15) is 10.7 Å². The van der Waals surface area contributed by atoms with Gasteiger partial charge in [-0.2, -0.15) is 5.10 Å². The lowest BCUT2D eigenvalue weighted by Gasteiger charge is -2.11. The average Bonchev–Trinajstić information content (AvgIpc) is 2.96. The first-order valence-corrected chi connectivity index (χ1v) is 7.93. The van der Waals surface area contributed by atoms with Crippen molar-refractivity contribution < 1.29 is 12.8 Å². The summed E-state index contributed by atoms with van der Waals surface area (Å²) in [5.74, 6) is -0.347. The van der Waals surface area contributed by atoms with Gasteiger partial charge in [0.05, 0.1) is 17.6 Å². The molecule has 22 heavy (non-hydrogen) atoms. The first-order valence-electron chi connectivity index (χ1n) is 6.39. The Bertz CT molecular complexity index is 918. The zero-order chi connectivity index (χ0) is 15.7. The Morgan fingerprint density at radius 2 is 1.68 bits per heavy atom. The van der Waals surface area contributed by atoms with Gasteiger partial charge in [0, 0.05) is 5.56 Å². The summed E-state index contributed by atoms with van der Waals surface area (Å²) in [6.07, 6.45) is 1.54. The summed E-state index contributed by atoms with van der Waals surface area (Å²) in [5, 5.41) is 9.42. The van der Waals surface area contributed by atoms with Crippen molar-refractivity contribution in [3.8, 4) is 16.9 Å². The molecular formula is C15H12FN3O2S. The summed E-state index contributed by atoms with van der Waals surface area (Å²) < 4.78 is 38.0. The van der Waals surface area contributed by atoms with Gasteiger partial charge in [0.15, 0.2) is 0 Å². The van der Waals surface area contributed by atoms with E-state index in [0.717, 1.165) is 0 Å². The highest BCUT2D eigenvalue weighted by molar-refractivity contribution is 7.89. The van der Waals surface area contributed by atoms with Gasteiger partial charge < -0.3 is 0 Å². The van der Waals surface area contributed by atoms with E-state index in [-0.39, 0.29) is 10.7 Å². The molecule has 7 heteroatoms. The molecule has 0 aliphatic heterocycles. The molecule has 0 aliphatic carbocycles. The van der Waals surface area contributed by atoms with Crippen molar-refractivity contribution in [1.29, 1.82) is 0 Å². The number of aromatic nitrogens is 2. The second-order valence-corrected chi connectivity index (χ2v) is 6.18. The molecule has 2 aromatic carbocycles. The molecule has 0 saturated heterocycles. The summed E-state index contributed by atoms with van der Waals surface area (Å²) >= 11 is 0. The van der Waals surface area contributed by atoms with Crippen molar-refractivity contribution in [1.82, 2.24) is 9.78 Å². The maximum absolute atomic E-state index is 13.1. The predicted molar refractivity (Wildman–Crippen MR) is 80.3 cm³/mol. The van der Waals surface area contributed by atoms with E-state index in [1.165, 1.54) is 22.9 Å². The first-order chi connectivity index (χ1) is 10.5. The highest BCUT2D eigenvalue weighted by Crippen LogP contribution is 2.25. The highest BCUT2D eigenvalue weighted by atomic mass is 32.2. The summed E-state index contributed by atoms with van der Waals surface area (Å²) in [6, 6.07) is 13.9. The molecule has 0 amide bonds. The van der Waals surface area contributed by atoms with E-state index in [9.17, 15) is 12.8 Å². The van der Waals surface area contributed by atoms with Gasteiger partial charge in [-0.05, 0) is 42.5 Å². The van der Waals surface area contributed by atoms with Crippen LogP contribution in [0.3, 0.4) is 0 Å². The Balaban J connectivity index is 2.20. The predicted octanol–water partition coefficient (Wildman–Crippen LogP) is 2.33. The zero-order valence-corrected chi connectivity index (χ0v) is 12.2. The van der Waals surface area contributed by atoms with Crippen LogP contribution in [-0.4, -0.2) is 18.2 Å². The monoisotopic (exact) mass is 317 g/mol. The second kappa shape index (κ2) is 5.36. The van der Waals surface area contributed by atoms with Gasteiger partial charge in [-0.3, -0.25) is 0 Å². The van der Waals surface area contributed by atoms with Crippen molar-refractivity contribution in [2.45, 2.75) is 4.90 Å². The summed E-state index contributed by atoms with van der Waals surface area (Å²) in [6.45, 7) is 0. The summed E-state index contributed by atoms with van der Waals surface area (Å²) in [7, 11) is -3.89. The van der Waals surface area contributed by atoms with Gasteiger partial charge >= 0.3 is 0 Å². The van der Waals surface area contributed by atoms with Crippen LogP contribution in [0, 0.1) is 5.82 Å². The van der Waals surface area contributed by atoms with Crippen LogP contribution < -0.4 is 5.14 Å². The molecule has 3 aromatic rings. The van der Waals surface area contributed by atoms with E-state index in [0.29, 0.717) is 16.9 Å². The number of primary sulfonamides is 1. The normalized spacial score (nSPS) is 11.5. The van der Waals surface area contributed by atoms with Gasteiger partial charge in [-0.15, -0.1) is 0 Å². The standard InChI is InChI=1S/C15H12FN3O2S/c16-12-7-5-11(6-8-12)13-9-10-18-19(13)14-3-1-2-4-15(14)22(17,20)21/h1-10H,(H2,17,20,21). The fourth-order valence-electron chi connectivity index (χ4n) is 2.21. The Morgan fingerprint density at radius 1 is 1.00 bits per heavy atom. The number of para-hydroxylation sites is 1. The van der Waals surface area contributed by atoms with Crippen LogP contribution in [0.5, 0.6) is 0 Å². The van der Waals surface area contributed by atoms with Gasteiger partial charge in [0.25, 0.3) is 0 Å². The number of hydrogen-bond donors (Lipinski definition) is 1. The minimum atomic E-state index is -3.89. The van der Waals surface area contributed by atoms with Crippen LogP contribution in [0.2, 0.25) is 0 Å². The molecule has 1 heterocycles. The topological polar surface area (TPSA) is 78.0 Å². The number of nitrogens with two attached hydrogens (primary N) is 1. The largest absolute Gasteiger partial charge is 0.240 e. The van der Waals surface area contributed by atoms with E-state index in [4.69, 9.17) is 5.14 Å². The fraction of sp³-hybridized carbons (Fsp3) is 0. The third-order valence-electron chi connectivity index (χ3n) is 3.18. The quantitative estimate of drug-likeness (QED) is 0.805. The van der Waals surface area contributed by atoms with E-state index in [1.807, 2.05) is 0 Å². The molecule has 0 saturated carbocycles. The molecule has 0 bridgehead atoms. The Morgan fingerprint density at radius 3 is 2.36 bits per heavy atom. The van der Waals surface area contributed by atoms with E-state index >= 15 is 0 Å². The molecule has 0 unspecified atom stereocenters. The number of nitrogens with zero attached hydrogens (tertiary/aromatic N) is 2. The fourth-order valence-corrected chi connectivity index (χ4v) is 2.92. The molecule has 112 valence electrons. The minimum Gasteiger partial charge on any atom is -0.232 e. The number of sulfonamides is 1. The molecule has 0 atom stereocenters. The lowest BCUT2D eigenvalue weighted by Crippen LogP contribution is -2.16. The molecule has 1 aromatic heterocycles. The smallest absolute Gasteiger partial charge is 0.232 e. The Kier molecular flexibility index (Phi) is 3.51. The summed E-state index contributed by atoms with van der Waals surface area (Å²) in [5.41, 5.74) is 1.69. The van der Waals surface area contributed by atoms with E-state index < -0.39 is 10.0 Å². The SMILES string of the molecule is NS(=O)(=O)c1ccccc1-n1nccc1-c1ccc(F)cc1. The molecule has 0 fully saturated rings. The van der Waals surface area contributed by atoms with Gasteiger partial charge in [-0.1, -0.05) is 12.1 Å². The van der Waals surface area contributed by atoms with Gasteiger partial charge in [-0.25, -0.2) is 22.6 Å². The van der Waals surface area contributed by atoms with Crippen LogP contribution in [-0.2, 0) is 10.0 Å². The summed E-state index contributed by atoms with van der Waals surface area (Å²) in [4.78, 5) is -0.0259. The van der Waals surface area contributed by atoms with Crippen molar-refractivity contribution in [2.24, 2.45) is 5.14 Å². The number of rotatable bonds is 3. The lowest BCUT2D eigenvalue weighted by atomic mass is 10.1. The van der Waals surface area contributed by atoms with Crippen molar-refractivity contribution in [3.63, 3.8) is 0 Å². The third kappa shape index (κ3) is 2.63. The lowest BCUT2D eigenvalue weighted by molar-refractivity contribution is 0.596. The van der Waals surface area contributed by atoms with Crippen molar-refractivity contribution in [3.05, 3.63) is 66.6 Å². The second-order valence-electron chi connectivity index (χ2n) is 4.65. The Hall–Kier alpha value is -2.51. The molecule has 3 rings (SSSR count). The van der Waals surface area contributed by atoms with Crippen molar-refractivity contribution >= 4 is 10.0 Å². The number of benzene rings is 2. The molecule has 5 nitrogen and oxygen atoms in total. The molecule has 0 aliphatic rings. The minimum absolute atomic E-state index is 0.0259. The maximum Gasteiger partial charge on any atom is 0.240 e. The molecule has 2 N–H and O–H groups in total. The first kappa shape index (κ1) is 14.4. The van der Waals surface area contributed by atoms with Crippen LogP contribution in [0.1, 0.15) is 0 Å². The van der Waals surface area contributed by atoms with Crippen LogP contribution in [0.15, 0.2) is 65.7 Å². The van der Waals surface area contributed by atoms with Crippen LogP contribution in [0.4, 0.5) is 4.39 Å². The maximum atomic E-state index is 13.1. The molecule has 0 radical (unpaired) electrons.